The van der Waals surface area contributed by atoms with E-state index in [0.717, 1.165) is 40.9 Å². The Hall–Kier alpha value is -2.28. The molecule has 2 atom stereocenters. The Labute approximate surface area is 161 Å². The lowest BCUT2D eigenvalue weighted by Crippen LogP contribution is -2.37. The molecule has 0 spiro atoms. The molecule has 2 aromatic rings. The molecule has 27 heavy (non-hydrogen) atoms. The van der Waals surface area contributed by atoms with Crippen LogP contribution in [0.4, 0.5) is 0 Å². The van der Waals surface area contributed by atoms with E-state index >= 15 is 0 Å². The standard InChI is InChI=1S/C20H22N2O4S/c23-17-10-5-11-22(17)18(24)12-26-20(25)14-7-2-1-6-13(14)19-21-15-8-3-4-9-16(15)27-19/h3-4,8-9,13-14H,1-2,5-7,10-12H2/t13-,14+/m1/s1. The van der Waals surface area contributed by atoms with E-state index in [-0.39, 0.29) is 30.3 Å². The third-order valence-electron chi connectivity index (χ3n) is 5.41. The van der Waals surface area contributed by atoms with Gasteiger partial charge in [-0.25, -0.2) is 4.98 Å². The van der Waals surface area contributed by atoms with Gasteiger partial charge in [0.2, 0.25) is 5.91 Å². The Morgan fingerprint density at radius 3 is 2.78 bits per heavy atom. The first kappa shape index (κ1) is 18.1. The van der Waals surface area contributed by atoms with Crippen LogP contribution < -0.4 is 0 Å². The van der Waals surface area contributed by atoms with Gasteiger partial charge in [0.1, 0.15) is 0 Å². The van der Waals surface area contributed by atoms with Crippen molar-refractivity contribution in [1.82, 2.24) is 9.88 Å². The van der Waals surface area contributed by atoms with Crippen molar-refractivity contribution < 1.29 is 19.1 Å². The second-order valence-electron chi connectivity index (χ2n) is 7.17. The number of ether oxygens (including phenoxy) is 1. The van der Waals surface area contributed by atoms with Gasteiger partial charge in [0.05, 0.1) is 21.1 Å². The zero-order valence-corrected chi connectivity index (χ0v) is 15.9. The maximum Gasteiger partial charge on any atom is 0.310 e. The summed E-state index contributed by atoms with van der Waals surface area (Å²) >= 11 is 1.63. The molecule has 7 heteroatoms. The van der Waals surface area contributed by atoms with Crippen LogP contribution in [0.5, 0.6) is 0 Å². The largest absolute Gasteiger partial charge is 0.455 e. The third kappa shape index (κ3) is 3.74. The Bertz CT molecular complexity index is 845. The molecule has 2 heterocycles. The summed E-state index contributed by atoms with van der Waals surface area (Å²) in [5.41, 5.74) is 0.956. The second kappa shape index (κ2) is 7.76. The summed E-state index contributed by atoms with van der Waals surface area (Å²) in [5.74, 6) is -1.19. The van der Waals surface area contributed by atoms with E-state index in [1.54, 1.807) is 11.3 Å². The lowest BCUT2D eigenvalue weighted by atomic mass is 9.79. The molecule has 1 aliphatic carbocycles. The maximum atomic E-state index is 12.7. The number of thiazole rings is 1. The van der Waals surface area contributed by atoms with Crippen molar-refractivity contribution in [3.05, 3.63) is 29.3 Å². The van der Waals surface area contributed by atoms with Crippen LogP contribution in [0.25, 0.3) is 10.2 Å². The molecule has 1 saturated carbocycles. The Kier molecular flexibility index (Phi) is 5.20. The van der Waals surface area contributed by atoms with Gasteiger partial charge in [-0.3, -0.25) is 19.3 Å². The molecule has 1 aliphatic heterocycles. The number of hydrogen-bond donors (Lipinski definition) is 0. The molecule has 1 saturated heterocycles. The van der Waals surface area contributed by atoms with Crippen molar-refractivity contribution in [3.63, 3.8) is 0 Å². The highest BCUT2D eigenvalue weighted by molar-refractivity contribution is 7.18. The topological polar surface area (TPSA) is 76.6 Å². The minimum atomic E-state index is -0.418. The van der Waals surface area contributed by atoms with Crippen molar-refractivity contribution in [2.24, 2.45) is 5.92 Å². The van der Waals surface area contributed by atoms with E-state index < -0.39 is 5.91 Å². The molecular formula is C20H22N2O4S. The highest BCUT2D eigenvalue weighted by atomic mass is 32.1. The van der Waals surface area contributed by atoms with Crippen LogP contribution in [0.1, 0.15) is 49.5 Å². The average molecular weight is 386 g/mol. The molecular weight excluding hydrogens is 364 g/mol. The Morgan fingerprint density at radius 2 is 2.00 bits per heavy atom. The summed E-state index contributed by atoms with van der Waals surface area (Å²) in [6.07, 6.45) is 4.75. The number of aromatic nitrogens is 1. The van der Waals surface area contributed by atoms with Crippen LogP contribution in [0, 0.1) is 5.92 Å². The number of imide groups is 1. The normalized spacial score (nSPS) is 23.0. The van der Waals surface area contributed by atoms with Gasteiger partial charge in [-0.2, -0.15) is 0 Å². The molecule has 2 fully saturated rings. The number of fused-ring (bicyclic) bond motifs is 1. The van der Waals surface area contributed by atoms with Crippen LogP contribution >= 0.6 is 11.3 Å². The second-order valence-corrected chi connectivity index (χ2v) is 8.23. The number of benzene rings is 1. The summed E-state index contributed by atoms with van der Waals surface area (Å²) in [6.45, 7) is 0.0701. The Balaban J connectivity index is 1.44. The third-order valence-corrected chi connectivity index (χ3v) is 6.58. The van der Waals surface area contributed by atoms with Crippen molar-refractivity contribution in [1.29, 1.82) is 0 Å². The maximum absolute atomic E-state index is 12.7. The zero-order chi connectivity index (χ0) is 18.8. The fourth-order valence-corrected chi connectivity index (χ4v) is 5.15. The number of carbonyl (C=O) groups is 3. The summed E-state index contributed by atoms with van der Waals surface area (Å²) in [4.78, 5) is 42.4. The van der Waals surface area contributed by atoms with Gasteiger partial charge in [-0.1, -0.05) is 25.0 Å². The number of esters is 1. The number of rotatable bonds is 4. The smallest absolute Gasteiger partial charge is 0.310 e. The van der Waals surface area contributed by atoms with Crippen molar-refractivity contribution >= 4 is 39.3 Å². The minimum absolute atomic E-state index is 0.0344. The predicted molar refractivity (Wildman–Crippen MR) is 101 cm³/mol. The van der Waals surface area contributed by atoms with Crippen molar-refractivity contribution in [3.8, 4) is 0 Å². The Morgan fingerprint density at radius 1 is 1.19 bits per heavy atom. The van der Waals surface area contributed by atoms with Gasteiger partial charge in [0.15, 0.2) is 6.61 Å². The van der Waals surface area contributed by atoms with E-state index in [1.165, 1.54) is 4.90 Å². The van der Waals surface area contributed by atoms with Gasteiger partial charge in [0, 0.05) is 18.9 Å². The van der Waals surface area contributed by atoms with Crippen LogP contribution in [-0.2, 0) is 19.1 Å². The minimum Gasteiger partial charge on any atom is -0.455 e. The molecule has 0 N–H and O–H groups in total. The number of carbonyl (C=O) groups excluding carboxylic acids is 3. The van der Waals surface area contributed by atoms with E-state index in [2.05, 4.69) is 0 Å². The molecule has 2 aliphatic rings. The fourth-order valence-electron chi connectivity index (χ4n) is 3.99. The molecule has 6 nitrogen and oxygen atoms in total. The van der Waals surface area contributed by atoms with Gasteiger partial charge >= 0.3 is 5.97 Å². The molecule has 142 valence electrons. The van der Waals surface area contributed by atoms with Crippen molar-refractivity contribution in [2.75, 3.05) is 13.2 Å². The number of likely N-dealkylation sites (tertiary alicyclic amines) is 1. The SMILES string of the molecule is O=C(OCC(=O)N1CCCC1=O)[C@H]1CCCC[C@H]1c1nc2ccccc2s1. The quantitative estimate of drug-likeness (QED) is 0.754. The molecule has 1 aromatic carbocycles. The van der Waals surface area contributed by atoms with Gasteiger partial charge in [-0.05, 0) is 31.4 Å². The first-order valence-electron chi connectivity index (χ1n) is 9.49. The lowest BCUT2D eigenvalue weighted by molar-refractivity contribution is -0.158. The first-order valence-corrected chi connectivity index (χ1v) is 10.3. The first-order chi connectivity index (χ1) is 13.1. The molecule has 1 aromatic heterocycles. The highest BCUT2D eigenvalue weighted by Crippen LogP contribution is 2.41. The number of hydrogen-bond acceptors (Lipinski definition) is 6. The van der Waals surface area contributed by atoms with E-state index in [4.69, 9.17) is 9.72 Å². The number of para-hydroxylation sites is 1. The number of amides is 2. The van der Waals surface area contributed by atoms with E-state index in [9.17, 15) is 14.4 Å². The van der Waals surface area contributed by atoms with Crippen LogP contribution in [0.3, 0.4) is 0 Å². The van der Waals surface area contributed by atoms with E-state index in [1.807, 2.05) is 24.3 Å². The van der Waals surface area contributed by atoms with Crippen LogP contribution in [-0.4, -0.2) is 40.8 Å². The summed E-state index contributed by atoms with van der Waals surface area (Å²) in [5, 5.41) is 0.971. The lowest BCUT2D eigenvalue weighted by Gasteiger charge is -2.28. The van der Waals surface area contributed by atoms with Gasteiger partial charge in [-0.15, -0.1) is 11.3 Å². The molecule has 4 rings (SSSR count). The summed E-state index contributed by atoms with van der Waals surface area (Å²) in [6, 6.07) is 7.97. The summed E-state index contributed by atoms with van der Waals surface area (Å²) in [7, 11) is 0. The number of nitrogens with zero attached hydrogens (tertiary/aromatic N) is 2. The van der Waals surface area contributed by atoms with Crippen LogP contribution in [0.15, 0.2) is 24.3 Å². The molecule has 2 amide bonds. The average Bonchev–Trinajstić information content (AvgIpc) is 3.31. The highest BCUT2D eigenvalue weighted by Gasteiger charge is 2.36. The van der Waals surface area contributed by atoms with Gasteiger partial charge < -0.3 is 4.74 Å². The predicted octanol–water partition coefficient (Wildman–Crippen LogP) is 3.26. The van der Waals surface area contributed by atoms with E-state index in [0.29, 0.717) is 19.4 Å². The van der Waals surface area contributed by atoms with Crippen molar-refractivity contribution in [2.45, 2.75) is 44.4 Å². The van der Waals surface area contributed by atoms with Crippen LogP contribution in [0.2, 0.25) is 0 Å². The molecule has 0 bridgehead atoms. The molecule has 0 radical (unpaired) electrons. The monoisotopic (exact) mass is 386 g/mol. The fraction of sp³-hybridized carbons (Fsp3) is 0.500. The van der Waals surface area contributed by atoms with Gasteiger partial charge in [0.25, 0.3) is 5.91 Å². The summed E-state index contributed by atoms with van der Waals surface area (Å²) < 4.78 is 6.44. The zero-order valence-electron chi connectivity index (χ0n) is 15.1. The molecule has 0 unspecified atom stereocenters.